The average Bonchev–Trinajstić information content (AvgIpc) is 2.89. The Morgan fingerprint density at radius 2 is 2.14 bits per heavy atom. The molecular weight excluding hydrogens is 280 g/mol. The van der Waals surface area contributed by atoms with Gasteiger partial charge < -0.3 is 15.3 Å². The van der Waals surface area contributed by atoms with Gasteiger partial charge in [0.2, 0.25) is 11.8 Å². The van der Waals surface area contributed by atoms with Crippen molar-refractivity contribution >= 4 is 17.5 Å². The van der Waals surface area contributed by atoms with Gasteiger partial charge in [0.05, 0.1) is 12.6 Å². The predicted molar refractivity (Wildman–Crippen MR) is 85.7 cm³/mol. The highest BCUT2D eigenvalue weighted by Gasteiger charge is 2.38. The van der Waals surface area contributed by atoms with Gasteiger partial charge in [0.1, 0.15) is 5.92 Å². The van der Waals surface area contributed by atoms with Gasteiger partial charge in [0.15, 0.2) is 0 Å². The smallest absolute Gasteiger partial charge is 0.239 e. The monoisotopic (exact) mass is 304 g/mol. The summed E-state index contributed by atoms with van der Waals surface area (Å²) in [5.74, 6) is -1.09. The van der Waals surface area contributed by atoms with Crippen LogP contribution in [0, 0.1) is 19.8 Å². The number of aliphatic hydroxyl groups excluding tert-OH is 1. The molecule has 0 bridgehead atoms. The number of aliphatic hydroxyl groups is 1. The van der Waals surface area contributed by atoms with Crippen molar-refractivity contribution in [1.29, 1.82) is 0 Å². The van der Waals surface area contributed by atoms with Crippen molar-refractivity contribution in [3.63, 3.8) is 0 Å². The van der Waals surface area contributed by atoms with Crippen LogP contribution in [-0.4, -0.2) is 36.1 Å². The SMILES string of the molecule is CCC(CO)NC(=O)C1CCN(c2ccc(C)c(C)c2)C1=O. The third-order valence-corrected chi connectivity index (χ3v) is 4.38. The summed E-state index contributed by atoms with van der Waals surface area (Å²) >= 11 is 0. The maximum absolute atomic E-state index is 12.5. The van der Waals surface area contributed by atoms with E-state index in [-0.39, 0.29) is 24.5 Å². The second-order valence-electron chi connectivity index (χ2n) is 5.90. The molecule has 1 aromatic rings. The van der Waals surface area contributed by atoms with E-state index in [4.69, 9.17) is 5.11 Å². The predicted octanol–water partition coefficient (Wildman–Crippen LogP) is 1.54. The topological polar surface area (TPSA) is 69.6 Å². The molecule has 1 aromatic carbocycles. The fourth-order valence-corrected chi connectivity index (χ4v) is 2.65. The van der Waals surface area contributed by atoms with Crippen molar-refractivity contribution in [3.8, 4) is 0 Å². The van der Waals surface area contributed by atoms with E-state index in [9.17, 15) is 9.59 Å². The number of amides is 2. The minimum absolute atomic E-state index is 0.107. The summed E-state index contributed by atoms with van der Waals surface area (Å²) in [7, 11) is 0. The Labute approximate surface area is 131 Å². The van der Waals surface area contributed by atoms with E-state index in [1.165, 1.54) is 5.56 Å². The van der Waals surface area contributed by atoms with Crippen LogP contribution < -0.4 is 10.2 Å². The number of hydrogen-bond acceptors (Lipinski definition) is 3. The molecule has 1 aliphatic heterocycles. The molecule has 1 aliphatic rings. The van der Waals surface area contributed by atoms with Crippen LogP contribution in [0.2, 0.25) is 0 Å². The molecule has 1 fully saturated rings. The average molecular weight is 304 g/mol. The number of benzene rings is 1. The summed E-state index contributed by atoms with van der Waals surface area (Å²) in [6.45, 7) is 6.37. The van der Waals surface area contributed by atoms with Crippen LogP contribution in [0.4, 0.5) is 5.69 Å². The van der Waals surface area contributed by atoms with Gasteiger partial charge in [-0.2, -0.15) is 0 Å². The molecule has 5 heteroatoms. The maximum atomic E-state index is 12.5. The molecule has 22 heavy (non-hydrogen) atoms. The molecule has 0 spiro atoms. The summed E-state index contributed by atoms with van der Waals surface area (Å²) in [5.41, 5.74) is 3.15. The van der Waals surface area contributed by atoms with Gasteiger partial charge in [-0.1, -0.05) is 13.0 Å². The minimum atomic E-state index is -0.651. The molecule has 1 heterocycles. The van der Waals surface area contributed by atoms with Crippen LogP contribution in [0.15, 0.2) is 18.2 Å². The van der Waals surface area contributed by atoms with E-state index in [2.05, 4.69) is 5.32 Å². The third kappa shape index (κ3) is 3.30. The fraction of sp³-hybridized carbons (Fsp3) is 0.529. The van der Waals surface area contributed by atoms with E-state index in [0.717, 1.165) is 11.3 Å². The Bertz CT molecular complexity index is 567. The van der Waals surface area contributed by atoms with Crippen molar-refractivity contribution in [1.82, 2.24) is 5.32 Å². The van der Waals surface area contributed by atoms with Gasteiger partial charge in [0, 0.05) is 12.2 Å². The van der Waals surface area contributed by atoms with Crippen molar-refractivity contribution in [2.75, 3.05) is 18.1 Å². The number of nitrogens with one attached hydrogen (secondary N) is 1. The van der Waals surface area contributed by atoms with Gasteiger partial charge in [-0.15, -0.1) is 0 Å². The number of carbonyl (C=O) groups is 2. The Morgan fingerprint density at radius 3 is 2.73 bits per heavy atom. The fourth-order valence-electron chi connectivity index (χ4n) is 2.65. The summed E-state index contributed by atoms with van der Waals surface area (Å²) in [5, 5.41) is 11.9. The summed E-state index contributed by atoms with van der Waals surface area (Å²) in [4.78, 5) is 26.4. The number of hydrogen-bond donors (Lipinski definition) is 2. The van der Waals surface area contributed by atoms with Crippen molar-refractivity contribution in [3.05, 3.63) is 29.3 Å². The maximum Gasteiger partial charge on any atom is 0.239 e. The summed E-state index contributed by atoms with van der Waals surface area (Å²) < 4.78 is 0. The van der Waals surface area contributed by atoms with Gasteiger partial charge >= 0.3 is 0 Å². The second kappa shape index (κ2) is 6.92. The van der Waals surface area contributed by atoms with Gasteiger partial charge in [-0.25, -0.2) is 0 Å². The van der Waals surface area contributed by atoms with Crippen LogP contribution in [0.1, 0.15) is 30.9 Å². The van der Waals surface area contributed by atoms with Crippen molar-refractivity contribution < 1.29 is 14.7 Å². The first-order chi connectivity index (χ1) is 10.5. The Hall–Kier alpha value is -1.88. The standard InChI is InChI=1S/C17H24N2O3/c1-4-13(10-20)18-16(21)15-7-8-19(17(15)22)14-6-5-11(2)12(3)9-14/h5-6,9,13,15,20H,4,7-8,10H2,1-3H3,(H,18,21). The highest BCUT2D eigenvalue weighted by atomic mass is 16.3. The highest BCUT2D eigenvalue weighted by molar-refractivity contribution is 6.09. The first kappa shape index (κ1) is 16.5. The van der Waals surface area contributed by atoms with Crippen LogP contribution >= 0.6 is 0 Å². The lowest BCUT2D eigenvalue weighted by Gasteiger charge is -2.19. The zero-order chi connectivity index (χ0) is 16.3. The molecule has 2 unspecified atom stereocenters. The number of aryl methyl sites for hydroxylation is 2. The van der Waals surface area contributed by atoms with Crippen LogP contribution in [0.5, 0.6) is 0 Å². The largest absolute Gasteiger partial charge is 0.394 e. The first-order valence-corrected chi connectivity index (χ1v) is 7.77. The molecule has 5 nitrogen and oxygen atoms in total. The zero-order valence-corrected chi connectivity index (χ0v) is 13.4. The van der Waals surface area contributed by atoms with E-state index in [1.54, 1.807) is 4.90 Å². The number of nitrogens with zero attached hydrogens (tertiary/aromatic N) is 1. The van der Waals surface area contributed by atoms with Crippen LogP contribution in [0.3, 0.4) is 0 Å². The van der Waals surface area contributed by atoms with Crippen LogP contribution in [0.25, 0.3) is 0 Å². The number of carbonyl (C=O) groups excluding carboxylic acids is 2. The lowest BCUT2D eigenvalue weighted by atomic mass is 10.1. The molecule has 2 rings (SSSR count). The number of rotatable bonds is 5. The molecular formula is C17H24N2O3. The Morgan fingerprint density at radius 1 is 1.41 bits per heavy atom. The van der Waals surface area contributed by atoms with Gasteiger partial charge in [-0.3, -0.25) is 9.59 Å². The minimum Gasteiger partial charge on any atom is -0.394 e. The number of anilines is 1. The highest BCUT2D eigenvalue weighted by Crippen LogP contribution is 2.27. The molecule has 2 N–H and O–H groups in total. The van der Waals surface area contributed by atoms with Gasteiger partial charge in [-0.05, 0) is 49.9 Å². The van der Waals surface area contributed by atoms with E-state index in [0.29, 0.717) is 19.4 Å². The molecule has 0 aliphatic carbocycles. The molecule has 2 amide bonds. The van der Waals surface area contributed by atoms with E-state index < -0.39 is 5.92 Å². The summed E-state index contributed by atoms with van der Waals surface area (Å²) in [6, 6.07) is 5.61. The molecule has 120 valence electrons. The molecule has 2 atom stereocenters. The quantitative estimate of drug-likeness (QED) is 0.811. The van der Waals surface area contributed by atoms with Crippen LogP contribution in [-0.2, 0) is 9.59 Å². The van der Waals surface area contributed by atoms with E-state index >= 15 is 0 Å². The Balaban J connectivity index is 2.09. The molecule has 1 saturated heterocycles. The Kier molecular flexibility index (Phi) is 5.19. The van der Waals surface area contributed by atoms with Gasteiger partial charge in [0.25, 0.3) is 0 Å². The third-order valence-electron chi connectivity index (χ3n) is 4.38. The first-order valence-electron chi connectivity index (χ1n) is 7.77. The van der Waals surface area contributed by atoms with Crippen molar-refractivity contribution in [2.24, 2.45) is 5.92 Å². The van der Waals surface area contributed by atoms with Crippen molar-refractivity contribution in [2.45, 2.75) is 39.7 Å². The molecule has 0 aromatic heterocycles. The van der Waals surface area contributed by atoms with E-state index in [1.807, 2.05) is 39.0 Å². The lowest BCUT2D eigenvalue weighted by Crippen LogP contribution is -2.43. The zero-order valence-electron chi connectivity index (χ0n) is 13.4. The summed E-state index contributed by atoms with van der Waals surface area (Å²) in [6.07, 6.45) is 1.16. The second-order valence-corrected chi connectivity index (χ2v) is 5.90. The molecule has 0 saturated carbocycles. The lowest BCUT2D eigenvalue weighted by molar-refractivity contribution is -0.132. The molecule has 0 radical (unpaired) electrons. The normalized spacial score (nSPS) is 19.4.